The van der Waals surface area contributed by atoms with E-state index in [1.165, 1.54) is 11.4 Å². The van der Waals surface area contributed by atoms with Gasteiger partial charge in [-0.15, -0.1) is 0 Å². The highest BCUT2D eigenvalue weighted by Crippen LogP contribution is 2.29. The fourth-order valence-electron chi connectivity index (χ4n) is 4.02. The van der Waals surface area contributed by atoms with Gasteiger partial charge in [-0.2, -0.15) is 0 Å². The highest BCUT2D eigenvalue weighted by atomic mass is 32.2. The third kappa shape index (κ3) is 8.55. The van der Waals surface area contributed by atoms with Crippen LogP contribution in [0.4, 0.5) is 5.69 Å². The number of methoxy groups -OCH3 is 1. The van der Waals surface area contributed by atoms with Gasteiger partial charge in [0.15, 0.2) is 0 Å². The standard InChI is InChI=1S/C27H39N3O5S/c1-5-7-19-28-27(32)23(6-2)29(21-22-14-9-8-10-15-22)26(31)18-13-20-30(36(4,33)34)24-16-11-12-17-25(24)35-3/h8-12,14-17,23H,5-7,13,18-21H2,1-4H3,(H,28,32)/t23-/m1/s1. The molecule has 1 atom stereocenters. The second kappa shape index (κ2) is 14.5. The molecule has 0 bridgehead atoms. The van der Waals surface area contributed by atoms with Crippen LogP contribution in [-0.4, -0.2) is 57.6 Å². The van der Waals surface area contributed by atoms with Crippen molar-refractivity contribution in [3.63, 3.8) is 0 Å². The molecule has 36 heavy (non-hydrogen) atoms. The normalized spacial score (nSPS) is 12.0. The van der Waals surface area contributed by atoms with Gasteiger partial charge in [-0.25, -0.2) is 8.42 Å². The summed E-state index contributed by atoms with van der Waals surface area (Å²) in [6, 6.07) is 15.8. The van der Waals surface area contributed by atoms with E-state index < -0.39 is 16.1 Å². The zero-order valence-corrected chi connectivity index (χ0v) is 22.6. The van der Waals surface area contributed by atoms with Gasteiger partial charge in [0.1, 0.15) is 11.8 Å². The van der Waals surface area contributed by atoms with Gasteiger partial charge in [-0.1, -0.05) is 62.7 Å². The smallest absolute Gasteiger partial charge is 0.242 e. The monoisotopic (exact) mass is 517 g/mol. The Labute approximate surface area is 215 Å². The Morgan fingerprint density at radius 3 is 2.28 bits per heavy atom. The van der Waals surface area contributed by atoms with Gasteiger partial charge in [0, 0.05) is 26.1 Å². The van der Waals surface area contributed by atoms with Crippen molar-refractivity contribution in [2.45, 2.75) is 58.5 Å². The van der Waals surface area contributed by atoms with E-state index in [0.29, 0.717) is 37.4 Å². The summed E-state index contributed by atoms with van der Waals surface area (Å²) < 4.78 is 31.7. The largest absolute Gasteiger partial charge is 0.495 e. The van der Waals surface area contributed by atoms with Crippen molar-refractivity contribution in [3.05, 3.63) is 60.2 Å². The van der Waals surface area contributed by atoms with Crippen LogP contribution in [0.15, 0.2) is 54.6 Å². The predicted octanol–water partition coefficient (Wildman–Crippen LogP) is 3.97. The Bertz CT molecular complexity index is 1080. The Morgan fingerprint density at radius 1 is 1.00 bits per heavy atom. The van der Waals surface area contributed by atoms with E-state index in [-0.39, 0.29) is 24.8 Å². The van der Waals surface area contributed by atoms with Crippen LogP contribution in [0.5, 0.6) is 5.75 Å². The fraction of sp³-hybridized carbons (Fsp3) is 0.481. The minimum absolute atomic E-state index is 0.104. The van der Waals surface area contributed by atoms with Crippen molar-refractivity contribution >= 4 is 27.5 Å². The summed E-state index contributed by atoms with van der Waals surface area (Å²) in [5, 5.41) is 2.95. The van der Waals surface area contributed by atoms with Crippen LogP contribution in [0.3, 0.4) is 0 Å². The molecule has 1 N–H and O–H groups in total. The van der Waals surface area contributed by atoms with Gasteiger partial charge in [0.2, 0.25) is 21.8 Å². The minimum Gasteiger partial charge on any atom is -0.495 e. The average Bonchev–Trinajstić information content (AvgIpc) is 2.86. The number of hydrogen-bond acceptors (Lipinski definition) is 5. The molecule has 2 aromatic rings. The number of para-hydroxylation sites is 2. The number of nitrogens with zero attached hydrogens (tertiary/aromatic N) is 2. The Kier molecular flexibility index (Phi) is 11.7. The number of sulfonamides is 1. The van der Waals surface area contributed by atoms with Gasteiger partial charge in [-0.05, 0) is 37.0 Å². The van der Waals surface area contributed by atoms with E-state index in [9.17, 15) is 18.0 Å². The maximum absolute atomic E-state index is 13.4. The molecule has 2 rings (SSSR count). The first kappa shape index (κ1) is 29.2. The van der Waals surface area contributed by atoms with Crippen LogP contribution in [0.25, 0.3) is 0 Å². The van der Waals surface area contributed by atoms with Crippen molar-refractivity contribution in [2.75, 3.05) is 30.8 Å². The number of hydrogen-bond donors (Lipinski definition) is 1. The molecule has 2 amide bonds. The van der Waals surface area contributed by atoms with E-state index in [0.717, 1.165) is 24.7 Å². The summed E-state index contributed by atoms with van der Waals surface area (Å²) in [6.45, 7) is 4.94. The summed E-state index contributed by atoms with van der Waals surface area (Å²) >= 11 is 0. The first-order chi connectivity index (χ1) is 17.2. The van der Waals surface area contributed by atoms with Crippen molar-refractivity contribution in [3.8, 4) is 5.75 Å². The summed E-state index contributed by atoms with van der Waals surface area (Å²) in [7, 11) is -2.11. The zero-order valence-electron chi connectivity index (χ0n) is 21.8. The molecule has 0 fully saturated rings. The molecular weight excluding hydrogens is 478 g/mol. The lowest BCUT2D eigenvalue weighted by Crippen LogP contribution is -2.49. The van der Waals surface area contributed by atoms with Gasteiger partial charge < -0.3 is 15.0 Å². The van der Waals surface area contributed by atoms with Crippen LogP contribution in [0.2, 0.25) is 0 Å². The number of nitrogens with one attached hydrogen (secondary N) is 1. The molecule has 0 aliphatic rings. The van der Waals surface area contributed by atoms with E-state index in [4.69, 9.17) is 4.74 Å². The third-order valence-electron chi connectivity index (χ3n) is 5.92. The van der Waals surface area contributed by atoms with Gasteiger partial charge in [0.05, 0.1) is 19.1 Å². The molecule has 8 nitrogen and oxygen atoms in total. The first-order valence-electron chi connectivity index (χ1n) is 12.4. The third-order valence-corrected chi connectivity index (χ3v) is 7.10. The summed E-state index contributed by atoms with van der Waals surface area (Å²) in [4.78, 5) is 28.0. The lowest BCUT2D eigenvalue weighted by atomic mass is 10.1. The number of amides is 2. The van der Waals surface area contributed by atoms with Crippen LogP contribution < -0.4 is 14.4 Å². The number of benzene rings is 2. The topological polar surface area (TPSA) is 96.0 Å². The van der Waals surface area contributed by atoms with Gasteiger partial charge >= 0.3 is 0 Å². The molecular formula is C27H39N3O5S. The van der Waals surface area contributed by atoms with Crippen molar-refractivity contribution in [1.29, 1.82) is 0 Å². The molecule has 0 unspecified atom stereocenters. The van der Waals surface area contributed by atoms with Crippen LogP contribution in [-0.2, 0) is 26.2 Å². The SMILES string of the molecule is CCCCNC(=O)[C@@H](CC)N(Cc1ccccc1)C(=O)CCCN(c1ccccc1OC)S(C)(=O)=O. The quantitative estimate of drug-likeness (QED) is 0.361. The van der Waals surface area contributed by atoms with E-state index in [1.54, 1.807) is 29.2 Å². The lowest BCUT2D eigenvalue weighted by Gasteiger charge is -2.31. The number of carbonyl (C=O) groups is 2. The molecule has 0 saturated heterocycles. The van der Waals surface area contributed by atoms with E-state index >= 15 is 0 Å². The molecule has 0 heterocycles. The van der Waals surface area contributed by atoms with Crippen LogP contribution >= 0.6 is 0 Å². The van der Waals surface area contributed by atoms with E-state index in [2.05, 4.69) is 12.2 Å². The Hall–Kier alpha value is -3.07. The number of anilines is 1. The highest BCUT2D eigenvalue weighted by Gasteiger charge is 2.29. The van der Waals surface area contributed by atoms with Crippen molar-refractivity contribution in [2.24, 2.45) is 0 Å². The number of carbonyl (C=O) groups excluding carboxylic acids is 2. The Balaban J connectivity index is 2.19. The van der Waals surface area contributed by atoms with Crippen LogP contribution in [0.1, 0.15) is 51.5 Å². The number of rotatable bonds is 15. The maximum atomic E-state index is 13.4. The number of ether oxygens (including phenoxy) is 1. The van der Waals surface area contributed by atoms with Gasteiger partial charge in [0.25, 0.3) is 0 Å². The maximum Gasteiger partial charge on any atom is 0.242 e. The van der Waals surface area contributed by atoms with Gasteiger partial charge in [-0.3, -0.25) is 13.9 Å². The molecule has 0 radical (unpaired) electrons. The lowest BCUT2D eigenvalue weighted by molar-refractivity contribution is -0.141. The summed E-state index contributed by atoms with van der Waals surface area (Å²) in [5.41, 5.74) is 1.36. The first-order valence-corrected chi connectivity index (χ1v) is 14.3. The molecule has 198 valence electrons. The highest BCUT2D eigenvalue weighted by molar-refractivity contribution is 7.92. The predicted molar refractivity (Wildman–Crippen MR) is 143 cm³/mol. The molecule has 0 saturated carbocycles. The minimum atomic E-state index is -3.60. The molecule has 0 aliphatic heterocycles. The van der Waals surface area contributed by atoms with Crippen molar-refractivity contribution in [1.82, 2.24) is 10.2 Å². The molecule has 0 aromatic heterocycles. The Morgan fingerprint density at radius 2 is 1.67 bits per heavy atom. The summed E-state index contributed by atoms with van der Waals surface area (Å²) in [6.07, 6.45) is 3.85. The number of unbranched alkanes of at least 4 members (excludes halogenated alkanes) is 1. The molecule has 2 aromatic carbocycles. The fourth-order valence-corrected chi connectivity index (χ4v) is 4.99. The second-order valence-electron chi connectivity index (χ2n) is 8.69. The zero-order chi connectivity index (χ0) is 26.6. The molecule has 9 heteroatoms. The van der Waals surface area contributed by atoms with Crippen LogP contribution in [0, 0.1) is 0 Å². The average molecular weight is 518 g/mol. The van der Waals surface area contributed by atoms with Crippen molar-refractivity contribution < 1.29 is 22.7 Å². The molecule has 0 aliphatic carbocycles. The summed E-state index contributed by atoms with van der Waals surface area (Å²) in [5.74, 6) is 0.0848. The second-order valence-corrected chi connectivity index (χ2v) is 10.6. The molecule has 0 spiro atoms. The van der Waals surface area contributed by atoms with E-state index in [1.807, 2.05) is 37.3 Å².